The Balaban J connectivity index is 1.32. The number of pyridine rings is 1. The molecule has 3 aliphatic heterocycles. The van der Waals surface area contributed by atoms with E-state index in [1.807, 2.05) is 18.3 Å². The third-order valence-corrected chi connectivity index (χ3v) is 6.40. The van der Waals surface area contributed by atoms with Gasteiger partial charge in [-0.2, -0.15) is 0 Å². The van der Waals surface area contributed by atoms with Gasteiger partial charge in [0.2, 0.25) is 5.91 Å². The number of carbonyl (C=O) groups excluding carboxylic acids is 1. The first kappa shape index (κ1) is 17.0. The average Bonchev–Trinajstić information content (AvgIpc) is 2.67. The quantitative estimate of drug-likeness (QED) is 0.853. The SMILES string of the molecule is O=C(CCc1cccnc1)NC[C@H]1[C@@H]2CNC[C@@H](C2)[C@@H]2CCCCN21. The molecule has 0 spiro atoms. The number of hydrogen-bond donors (Lipinski definition) is 2. The molecule has 0 aliphatic carbocycles. The van der Waals surface area contributed by atoms with Crippen molar-refractivity contribution in [2.24, 2.45) is 11.8 Å². The number of hydrogen-bond acceptors (Lipinski definition) is 4. The molecule has 3 fully saturated rings. The van der Waals surface area contributed by atoms with Gasteiger partial charge in [0.25, 0.3) is 0 Å². The Bertz CT molecular complexity index is 578. The van der Waals surface area contributed by atoms with Gasteiger partial charge in [-0.05, 0) is 68.8 Å². The van der Waals surface area contributed by atoms with E-state index in [4.69, 9.17) is 0 Å². The largest absolute Gasteiger partial charge is 0.355 e. The van der Waals surface area contributed by atoms with Gasteiger partial charge in [-0.15, -0.1) is 0 Å². The molecule has 3 aliphatic rings. The van der Waals surface area contributed by atoms with E-state index in [1.54, 1.807) is 6.20 Å². The van der Waals surface area contributed by atoms with Crippen molar-refractivity contribution >= 4 is 5.91 Å². The molecule has 1 aromatic rings. The van der Waals surface area contributed by atoms with Crippen LogP contribution < -0.4 is 10.6 Å². The van der Waals surface area contributed by atoms with Crippen LogP contribution in [-0.4, -0.2) is 54.1 Å². The number of rotatable bonds is 5. The van der Waals surface area contributed by atoms with Gasteiger partial charge < -0.3 is 10.6 Å². The topological polar surface area (TPSA) is 57.3 Å². The van der Waals surface area contributed by atoms with E-state index in [-0.39, 0.29) is 5.91 Å². The van der Waals surface area contributed by atoms with Gasteiger partial charge in [-0.1, -0.05) is 12.5 Å². The molecular formula is C20H30N4O. The van der Waals surface area contributed by atoms with Crippen LogP contribution in [0.3, 0.4) is 0 Å². The fraction of sp³-hybridized carbons (Fsp3) is 0.700. The van der Waals surface area contributed by atoms with Gasteiger partial charge in [-0.25, -0.2) is 0 Å². The summed E-state index contributed by atoms with van der Waals surface area (Å²) in [6, 6.07) is 5.21. The van der Waals surface area contributed by atoms with Crippen molar-refractivity contribution in [3.63, 3.8) is 0 Å². The monoisotopic (exact) mass is 342 g/mol. The second-order valence-electron chi connectivity index (χ2n) is 7.95. The summed E-state index contributed by atoms with van der Waals surface area (Å²) < 4.78 is 0. The molecule has 4 heterocycles. The number of aromatic nitrogens is 1. The third kappa shape index (κ3) is 3.87. The van der Waals surface area contributed by atoms with E-state index in [2.05, 4.69) is 20.5 Å². The van der Waals surface area contributed by atoms with Crippen LogP contribution in [0.1, 0.15) is 37.7 Å². The fourth-order valence-electron chi connectivity index (χ4n) is 5.16. The van der Waals surface area contributed by atoms with Gasteiger partial charge in [-0.3, -0.25) is 14.7 Å². The molecule has 1 aromatic heterocycles. The second kappa shape index (κ2) is 7.83. The maximum atomic E-state index is 12.3. The predicted molar refractivity (Wildman–Crippen MR) is 98.2 cm³/mol. The highest BCUT2D eigenvalue weighted by molar-refractivity contribution is 5.76. The Labute approximate surface area is 150 Å². The lowest BCUT2D eigenvalue weighted by Gasteiger charge is -2.55. The van der Waals surface area contributed by atoms with Crippen molar-refractivity contribution in [3.8, 4) is 0 Å². The van der Waals surface area contributed by atoms with E-state index in [0.29, 0.717) is 18.4 Å². The van der Waals surface area contributed by atoms with Gasteiger partial charge in [0.15, 0.2) is 0 Å². The zero-order valence-corrected chi connectivity index (χ0v) is 15.0. The zero-order chi connectivity index (χ0) is 17.1. The van der Waals surface area contributed by atoms with Crippen LogP contribution in [0, 0.1) is 11.8 Å². The van der Waals surface area contributed by atoms with E-state index in [0.717, 1.165) is 37.0 Å². The van der Waals surface area contributed by atoms with E-state index >= 15 is 0 Å². The van der Waals surface area contributed by atoms with E-state index in [1.165, 1.54) is 38.8 Å². The molecule has 0 radical (unpaired) electrons. The molecule has 25 heavy (non-hydrogen) atoms. The molecule has 0 aromatic carbocycles. The summed E-state index contributed by atoms with van der Waals surface area (Å²) in [4.78, 5) is 19.2. The van der Waals surface area contributed by atoms with Crippen molar-refractivity contribution < 1.29 is 4.79 Å². The summed E-state index contributed by atoms with van der Waals surface area (Å²) in [5, 5.41) is 6.87. The Kier molecular flexibility index (Phi) is 5.32. The Morgan fingerprint density at radius 3 is 3.12 bits per heavy atom. The van der Waals surface area contributed by atoms with Gasteiger partial charge in [0.1, 0.15) is 0 Å². The summed E-state index contributed by atoms with van der Waals surface area (Å²) in [6.45, 7) is 4.31. The number of piperidine rings is 3. The highest BCUT2D eigenvalue weighted by atomic mass is 16.1. The second-order valence-corrected chi connectivity index (χ2v) is 7.95. The molecule has 0 unspecified atom stereocenters. The molecule has 5 heteroatoms. The molecule has 5 nitrogen and oxygen atoms in total. The van der Waals surface area contributed by atoms with Gasteiger partial charge in [0.05, 0.1) is 0 Å². The molecule has 2 N–H and O–H groups in total. The van der Waals surface area contributed by atoms with Crippen molar-refractivity contribution in [3.05, 3.63) is 30.1 Å². The first-order chi connectivity index (χ1) is 12.3. The Morgan fingerprint density at radius 1 is 1.32 bits per heavy atom. The van der Waals surface area contributed by atoms with Crippen LogP contribution in [0.2, 0.25) is 0 Å². The molecule has 1 amide bonds. The summed E-state index contributed by atoms with van der Waals surface area (Å²) in [7, 11) is 0. The van der Waals surface area contributed by atoms with Crippen molar-refractivity contribution in [2.45, 2.75) is 50.6 Å². The molecule has 2 bridgehead atoms. The lowest BCUT2D eigenvalue weighted by atomic mass is 9.73. The Hall–Kier alpha value is -1.46. The van der Waals surface area contributed by atoms with Crippen LogP contribution in [0.4, 0.5) is 0 Å². The van der Waals surface area contributed by atoms with Gasteiger partial charge in [0, 0.05) is 37.4 Å². The van der Waals surface area contributed by atoms with Crippen LogP contribution in [0.5, 0.6) is 0 Å². The predicted octanol–water partition coefficient (Wildman–Crippen LogP) is 1.59. The highest BCUT2D eigenvalue weighted by Gasteiger charge is 2.45. The van der Waals surface area contributed by atoms with Crippen molar-refractivity contribution in [1.29, 1.82) is 0 Å². The lowest BCUT2D eigenvalue weighted by molar-refractivity contribution is -0.122. The number of fused-ring (bicyclic) bond motifs is 4. The number of nitrogens with one attached hydrogen (secondary N) is 2. The molecule has 3 saturated heterocycles. The fourth-order valence-corrected chi connectivity index (χ4v) is 5.16. The summed E-state index contributed by atoms with van der Waals surface area (Å²) in [5.74, 6) is 1.67. The van der Waals surface area contributed by atoms with Crippen LogP contribution in [0.15, 0.2) is 24.5 Å². The maximum Gasteiger partial charge on any atom is 0.220 e. The molecule has 4 atom stereocenters. The first-order valence-corrected chi connectivity index (χ1v) is 9.93. The molecule has 136 valence electrons. The molecule has 4 rings (SSSR count). The van der Waals surface area contributed by atoms with Crippen LogP contribution in [0.25, 0.3) is 0 Å². The minimum Gasteiger partial charge on any atom is -0.355 e. The van der Waals surface area contributed by atoms with Crippen LogP contribution >= 0.6 is 0 Å². The molecular weight excluding hydrogens is 312 g/mol. The smallest absolute Gasteiger partial charge is 0.220 e. The maximum absolute atomic E-state index is 12.3. The first-order valence-electron chi connectivity index (χ1n) is 9.93. The zero-order valence-electron chi connectivity index (χ0n) is 15.0. The van der Waals surface area contributed by atoms with Gasteiger partial charge >= 0.3 is 0 Å². The lowest BCUT2D eigenvalue weighted by Crippen LogP contribution is -2.65. The number of nitrogens with zero attached hydrogens (tertiary/aromatic N) is 2. The standard InChI is InChI=1S/C20H30N4O/c25-20(7-6-15-4-3-8-21-11-15)23-14-19-17-10-16(12-22-13-17)18-5-1-2-9-24(18)19/h3-4,8,11,16-19,22H,1-2,5-7,9-10,12-14H2,(H,23,25)/t16-,17+,18+,19+/m1/s1. The van der Waals surface area contributed by atoms with Crippen molar-refractivity contribution in [1.82, 2.24) is 20.5 Å². The highest BCUT2D eigenvalue weighted by Crippen LogP contribution is 2.38. The van der Waals surface area contributed by atoms with E-state index < -0.39 is 0 Å². The van der Waals surface area contributed by atoms with E-state index in [9.17, 15) is 4.79 Å². The van der Waals surface area contributed by atoms with Crippen molar-refractivity contribution in [2.75, 3.05) is 26.2 Å². The summed E-state index contributed by atoms with van der Waals surface area (Å²) >= 11 is 0. The summed E-state index contributed by atoms with van der Waals surface area (Å²) in [6.07, 6.45) is 10.3. The average molecular weight is 342 g/mol. The van der Waals surface area contributed by atoms with Crippen LogP contribution in [-0.2, 0) is 11.2 Å². The number of aryl methyl sites for hydroxylation is 1. The summed E-state index contributed by atoms with van der Waals surface area (Å²) in [5.41, 5.74) is 1.13. The normalized spacial score (nSPS) is 32.0. The molecule has 0 saturated carbocycles. The Morgan fingerprint density at radius 2 is 2.24 bits per heavy atom. The minimum absolute atomic E-state index is 0.170. The third-order valence-electron chi connectivity index (χ3n) is 6.40. The number of carbonyl (C=O) groups is 1. The minimum atomic E-state index is 0.170. The number of amides is 1.